The van der Waals surface area contributed by atoms with Crippen molar-refractivity contribution in [2.75, 3.05) is 26.8 Å². The monoisotopic (exact) mass is 293 g/mol. The second kappa shape index (κ2) is 11.6. The first-order valence-electron chi connectivity index (χ1n) is 8.13. The van der Waals surface area contributed by atoms with E-state index in [1.807, 2.05) is 12.1 Å². The molecule has 3 nitrogen and oxygen atoms in total. The first-order chi connectivity index (χ1) is 10.2. The summed E-state index contributed by atoms with van der Waals surface area (Å²) in [6.45, 7) is 8.19. The molecule has 0 aliphatic carbocycles. The molecule has 0 aliphatic heterocycles. The zero-order valence-corrected chi connectivity index (χ0v) is 13.9. The van der Waals surface area contributed by atoms with Crippen molar-refractivity contribution in [3.63, 3.8) is 0 Å². The predicted molar refractivity (Wildman–Crippen MR) is 88.8 cm³/mol. The SMILES string of the molecule is COCc1cccc(OCCCCCCNCC(C)C)c1. The highest BCUT2D eigenvalue weighted by molar-refractivity contribution is 5.28. The van der Waals surface area contributed by atoms with Crippen LogP contribution in [0.15, 0.2) is 24.3 Å². The largest absolute Gasteiger partial charge is 0.494 e. The average molecular weight is 293 g/mol. The van der Waals surface area contributed by atoms with Gasteiger partial charge in [0.05, 0.1) is 13.2 Å². The number of hydrogen-bond acceptors (Lipinski definition) is 3. The second-order valence-electron chi connectivity index (χ2n) is 5.94. The third-order valence-corrected chi connectivity index (χ3v) is 3.28. The predicted octanol–water partition coefficient (Wildman–Crippen LogP) is 4.02. The minimum atomic E-state index is 0.639. The van der Waals surface area contributed by atoms with E-state index in [2.05, 4.69) is 31.3 Å². The molecule has 0 saturated heterocycles. The fraction of sp³-hybridized carbons (Fsp3) is 0.667. The Labute approximate surface area is 130 Å². The molecule has 21 heavy (non-hydrogen) atoms. The number of unbranched alkanes of at least 4 members (excludes halogenated alkanes) is 3. The van der Waals surface area contributed by atoms with Crippen LogP contribution in [0, 0.1) is 5.92 Å². The van der Waals surface area contributed by atoms with Gasteiger partial charge in [0.2, 0.25) is 0 Å². The third-order valence-electron chi connectivity index (χ3n) is 3.28. The van der Waals surface area contributed by atoms with Gasteiger partial charge >= 0.3 is 0 Å². The Morgan fingerprint density at radius 2 is 1.90 bits per heavy atom. The van der Waals surface area contributed by atoms with Crippen molar-refractivity contribution in [3.05, 3.63) is 29.8 Å². The van der Waals surface area contributed by atoms with Crippen LogP contribution in [-0.4, -0.2) is 26.8 Å². The Hall–Kier alpha value is -1.06. The molecule has 120 valence electrons. The van der Waals surface area contributed by atoms with Crippen molar-refractivity contribution in [3.8, 4) is 5.75 Å². The Bertz CT molecular complexity index is 366. The summed E-state index contributed by atoms with van der Waals surface area (Å²) in [6.07, 6.45) is 4.90. The molecule has 0 amide bonds. The van der Waals surface area contributed by atoms with Crippen LogP contribution < -0.4 is 10.1 Å². The van der Waals surface area contributed by atoms with Crippen molar-refractivity contribution in [2.24, 2.45) is 5.92 Å². The molecule has 3 heteroatoms. The van der Waals surface area contributed by atoms with Crippen LogP contribution in [0.5, 0.6) is 5.75 Å². The van der Waals surface area contributed by atoms with Crippen LogP contribution in [0.4, 0.5) is 0 Å². The fourth-order valence-electron chi connectivity index (χ4n) is 2.18. The van der Waals surface area contributed by atoms with Crippen molar-refractivity contribution >= 4 is 0 Å². The Morgan fingerprint density at radius 3 is 2.67 bits per heavy atom. The van der Waals surface area contributed by atoms with Crippen LogP contribution in [0.1, 0.15) is 45.1 Å². The van der Waals surface area contributed by atoms with E-state index in [0.717, 1.165) is 43.3 Å². The van der Waals surface area contributed by atoms with E-state index >= 15 is 0 Å². The highest BCUT2D eigenvalue weighted by Gasteiger charge is 1.97. The van der Waals surface area contributed by atoms with Gasteiger partial charge in [-0.3, -0.25) is 0 Å². The molecule has 0 aromatic heterocycles. The van der Waals surface area contributed by atoms with E-state index in [9.17, 15) is 0 Å². The van der Waals surface area contributed by atoms with Gasteiger partial charge in [0.1, 0.15) is 5.75 Å². The molecule has 1 rings (SSSR count). The summed E-state index contributed by atoms with van der Waals surface area (Å²) in [6, 6.07) is 8.14. The van der Waals surface area contributed by atoms with Gasteiger partial charge in [-0.2, -0.15) is 0 Å². The van der Waals surface area contributed by atoms with E-state index in [1.54, 1.807) is 7.11 Å². The van der Waals surface area contributed by atoms with Crippen LogP contribution in [0.25, 0.3) is 0 Å². The topological polar surface area (TPSA) is 30.5 Å². The number of benzene rings is 1. The number of hydrogen-bond donors (Lipinski definition) is 1. The van der Waals surface area contributed by atoms with Crippen LogP contribution in [0.3, 0.4) is 0 Å². The van der Waals surface area contributed by atoms with E-state index in [1.165, 1.54) is 19.3 Å². The molecule has 1 aromatic carbocycles. The van der Waals surface area contributed by atoms with Gasteiger partial charge in [0.15, 0.2) is 0 Å². The Balaban J connectivity index is 2.00. The molecule has 0 fully saturated rings. The van der Waals surface area contributed by atoms with Gasteiger partial charge in [-0.05, 0) is 49.5 Å². The van der Waals surface area contributed by atoms with E-state index < -0.39 is 0 Å². The van der Waals surface area contributed by atoms with Crippen LogP contribution in [-0.2, 0) is 11.3 Å². The molecular formula is C18H31NO2. The van der Waals surface area contributed by atoms with Gasteiger partial charge in [0, 0.05) is 7.11 Å². The molecule has 0 spiro atoms. The normalized spacial score (nSPS) is 11.0. The number of nitrogens with one attached hydrogen (secondary N) is 1. The summed E-state index contributed by atoms with van der Waals surface area (Å²) in [4.78, 5) is 0. The minimum absolute atomic E-state index is 0.639. The molecule has 0 saturated carbocycles. The highest BCUT2D eigenvalue weighted by Crippen LogP contribution is 2.14. The lowest BCUT2D eigenvalue weighted by molar-refractivity contribution is 0.184. The Kier molecular flexibility index (Phi) is 9.92. The van der Waals surface area contributed by atoms with Crippen molar-refractivity contribution in [1.82, 2.24) is 5.32 Å². The lowest BCUT2D eigenvalue weighted by atomic mass is 10.2. The number of rotatable bonds is 12. The van der Waals surface area contributed by atoms with Gasteiger partial charge in [-0.25, -0.2) is 0 Å². The van der Waals surface area contributed by atoms with E-state index in [-0.39, 0.29) is 0 Å². The summed E-state index contributed by atoms with van der Waals surface area (Å²) in [5.41, 5.74) is 1.16. The van der Waals surface area contributed by atoms with Crippen LogP contribution in [0.2, 0.25) is 0 Å². The smallest absolute Gasteiger partial charge is 0.119 e. The van der Waals surface area contributed by atoms with Crippen molar-refractivity contribution < 1.29 is 9.47 Å². The number of methoxy groups -OCH3 is 1. The van der Waals surface area contributed by atoms with Crippen LogP contribution >= 0.6 is 0 Å². The third kappa shape index (κ3) is 9.48. The first kappa shape index (κ1) is 18.0. The molecule has 1 aromatic rings. The van der Waals surface area contributed by atoms with Gasteiger partial charge < -0.3 is 14.8 Å². The average Bonchev–Trinajstić information content (AvgIpc) is 2.46. The maximum absolute atomic E-state index is 5.78. The molecule has 0 aliphatic rings. The maximum atomic E-state index is 5.78. The number of ether oxygens (including phenoxy) is 2. The standard InChI is InChI=1S/C18H31NO2/c1-16(2)14-19-11-6-4-5-7-12-21-18-10-8-9-17(13-18)15-20-3/h8-10,13,16,19H,4-7,11-12,14-15H2,1-3H3. The minimum Gasteiger partial charge on any atom is -0.494 e. The molecule has 0 unspecified atom stereocenters. The quantitative estimate of drug-likeness (QED) is 0.590. The summed E-state index contributed by atoms with van der Waals surface area (Å²) in [5, 5.41) is 3.48. The summed E-state index contributed by atoms with van der Waals surface area (Å²) < 4.78 is 10.9. The maximum Gasteiger partial charge on any atom is 0.119 e. The van der Waals surface area contributed by atoms with E-state index in [4.69, 9.17) is 9.47 Å². The summed E-state index contributed by atoms with van der Waals surface area (Å²) >= 11 is 0. The molecule has 0 heterocycles. The van der Waals surface area contributed by atoms with Crippen molar-refractivity contribution in [2.45, 2.75) is 46.1 Å². The fourth-order valence-corrected chi connectivity index (χ4v) is 2.18. The van der Waals surface area contributed by atoms with Gasteiger partial charge in [0.25, 0.3) is 0 Å². The zero-order valence-electron chi connectivity index (χ0n) is 13.9. The molecule has 0 atom stereocenters. The molecule has 0 bridgehead atoms. The van der Waals surface area contributed by atoms with Crippen molar-refractivity contribution in [1.29, 1.82) is 0 Å². The molecule has 1 N–H and O–H groups in total. The van der Waals surface area contributed by atoms with E-state index in [0.29, 0.717) is 6.61 Å². The van der Waals surface area contributed by atoms with Gasteiger partial charge in [-0.1, -0.05) is 38.8 Å². The molecular weight excluding hydrogens is 262 g/mol. The molecule has 0 radical (unpaired) electrons. The summed E-state index contributed by atoms with van der Waals surface area (Å²) in [5.74, 6) is 1.69. The lowest BCUT2D eigenvalue weighted by Gasteiger charge is -2.08. The highest BCUT2D eigenvalue weighted by atomic mass is 16.5. The zero-order chi connectivity index (χ0) is 15.3. The summed E-state index contributed by atoms with van der Waals surface area (Å²) in [7, 11) is 1.71. The Morgan fingerprint density at radius 1 is 1.10 bits per heavy atom. The first-order valence-corrected chi connectivity index (χ1v) is 8.13. The van der Waals surface area contributed by atoms with Gasteiger partial charge in [-0.15, -0.1) is 0 Å². The lowest BCUT2D eigenvalue weighted by Crippen LogP contribution is -2.20. The second-order valence-corrected chi connectivity index (χ2v) is 5.94.